The summed E-state index contributed by atoms with van der Waals surface area (Å²) in [4.78, 5) is 10.6. The van der Waals surface area contributed by atoms with Gasteiger partial charge in [0.05, 0.1) is 12.2 Å². The Morgan fingerprint density at radius 2 is 2.17 bits per heavy atom. The van der Waals surface area contributed by atoms with Gasteiger partial charge in [0.15, 0.2) is 0 Å². The number of hydrogen-bond donors (Lipinski definition) is 2. The highest BCUT2D eigenvalue weighted by atomic mass is 16.4. The number of rotatable bonds is 2. The number of aromatic carboxylic acids is 1. The predicted molar refractivity (Wildman–Crippen MR) is 44.1 cm³/mol. The van der Waals surface area contributed by atoms with Crippen molar-refractivity contribution < 1.29 is 15.0 Å². The van der Waals surface area contributed by atoms with Crippen molar-refractivity contribution in [2.45, 2.75) is 13.5 Å². The normalized spacial score (nSPS) is 9.83. The molecule has 0 aliphatic heterocycles. The van der Waals surface area contributed by atoms with Crippen LogP contribution in [0, 0.1) is 6.92 Å². The van der Waals surface area contributed by atoms with E-state index in [9.17, 15) is 4.79 Å². The second-order valence-electron chi connectivity index (χ2n) is 2.56. The summed E-state index contributed by atoms with van der Waals surface area (Å²) in [5.41, 5.74) is 1.47. The van der Waals surface area contributed by atoms with Crippen LogP contribution in [-0.4, -0.2) is 16.2 Å². The molecule has 0 atom stereocenters. The average Bonchev–Trinajstić information content (AvgIpc) is 2.03. The molecule has 0 aromatic heterocycles. The van der Waals surface area contributed by atoms with E-state index in [0.717, 1.165) is 5.56 Å². The minimum absolute atomic E-state index is 0.178. The van der Waals surface area contributed by atoms with E-state index < -0.39 is 5.97 Å². The lowest BCUT2D eigenvalue weighted by atomic mass is 10.0. The van der Waals surface area contributed by atoms with Crippen LogP contribution in [0.4, 0.5) is 0 Å². The minimum Gasteiger partial charge on any atom is -0.478 e. The van der Waals surface area contributed by atoms with Gasteiger partial charge in [-0.3, -0.25) is 0 Å². The van der Waals surface area contributed by atoms with Crippen LogP contribution in [0.3, 0.4) is 0 Å². The summed E-state index contributed by atoms with van der Waals surface area (Å²) >= 11 is 0. The molecule has 0 spiro atoms. The van der Waals surface area contributed by atoms with Crippen molar-refractivity contribution in [2.75, 3.05) is 0 Å². The lowest BCUT2D eigenvalue weighted by molar-refractivity contribution is 0.0693. The number of benzene rings is 1. The summed E-state index contributed by atoms with van der Waals surface area (Å²) < 4.78 is 0. The summed E-state index contributed by atoms with van der Waals surface area (Å²) in [5.74, 6) is -0.997. The second-order valence-corrected chi connectivity index (χ2v) is 2.56. The number of hydrogen-bond acceptors (Lipinski definition) is 2. The molecule has 0 saturated heterocycles. The molecule has 1 rings (SSSR count). The Labute approximate surface area is 70.3 Å². The SMILES string of the molecule is Cc1cccc(C(=O)O)c1CO. The Balaban J connectivity index is 3.27. The largest absolute Gasteiger partial charge is 0.478 e. The molecule has 3 nitrogen and oxygen atoms in total. The molecular weight excluding hydrogens is 156 g/mol. The number of carboxylic acids is 1. The molecule has 1 aromatic rings. The van der Waals surface area contributed by atoms with E-state index in [1.165, 1.54) is 6.07 Å². The zero-order valence-corrected chi connectivity index (χ0v) is 6.74. The summed E-state index contributed by atoms with van der Waals surface area (Å²) in [6.45, 7) is 1.55. The Hall–Kier alpha value is -1.35. The Kier molecular flexibility index (Phi) is 2.45. The van der Waals surface area contributed by atoms with Crippen molar-refractivity contribution in [3.05, 3.63) is 34.9 Å². The van der Waals surface area contributed by atoms with Crippen LogP contribution >= 0.6 is 0 Å². The molecule has 0 aliphatic rings. The molecule has 0 heterocycles. The maximum atomic E-state index is 10.6. The maximum Gasteiger partial charge on any atom is 0.336 e. The average molecular weight is 166 g/mol. The van der Waals surface area contributed by atoms with E-state index in [2.05, 4.69) is 0 Å². The van der Waals surface area contributed by atoms with Crippen LogP contribution in [0.25, 0.3) is 0 Å². The van der Waals surface area contributed by atoms with Gasteiger partial charge < -0.3 is 10.2 Å². The van der Waals surface area contributed by atoms with E-state index >= 15 is 0 Å². The van der Waals surface area contributed by atoms with Crippen molar-refractivity contribution in [3.63, 3.8) is 0 Å². The zero-order chi connectivity index (χ0) is 9.14. The van der Waals surface area contributed by atoms with Crippen LogP contribution in [0.15, 0.2) is 18.2 Å². The van der Waals surface area contributed by atoms with Crippen molar-refractivity contribution in [1.82, 2.24) is 0 Å². The fraction of sp³-hybridized carbons (Fsp3) is 0.222. The summed E-state index contributed by atoms with van der Waals surface area (Å²) in [6, 6.07) is 4.93. The molecule has 64 valence electrons. The standard InChI is InChI=1S/C9H10O3/c1-6-3-2-4-7(9(11)12)8(6)5-10/h2-4,10H,5H2,1H3,(H,11,12). The first kappa shape index (κ1) is 8.74. The van der Waals surface area contributed by atoms with Crippen LogP contribution in [0.1, 0.15) is 21.5 Å². The molecule has 0 aliphatic carbocycles. The van der Waals surface area contributed by atoms with Crippen molar-refractivity contribution in [2.24, 2.45) is 0 Å². The van der Waals surface area contributed by atoms with E-state index in [1.54, 1.807) is 19.1 Å². The highest BCUT2D eigenvalue weighted by Crippen LogP contribution is 2.13. The van der Waals surface area contributed by atoms with E-state index in [4.69, 9.17) is 10.2 Å². The number of carbonyl (C=O) groups is 1. The Morgan fingerprint density at radius 1 is 1.50 bits per heavy atom. The summed E-state index contributed by atoms with van der Waals surface area (Å²) in [6.07, 6.45) is 0. The second kappa shape index (κ2) is 3.36. The highest BCUT2D eigenvalue weighted by molar-refractivity contribution is 5.89. The van der Waals surface area contributed by atoms with Gasteiger partial charge in [-0.05, 0) is 24.1 Å². The van der Waals surface area contributed by atoms with Crippen molar-refractivity contribution in [3.8, 4) is 0 Å². The van der Waals surface area contributed by atoms with Crippen LogP contribution in [0.5, 0.6) is 0 Å². The third-order valence-corrected chi connectivity index (χ3v) is 1.80. The van der Waals surface area contributed by atoms with E-state index in [1.807, 2.05) is 0 Å². The first-order chi connectivity index (χ1) is 5.66. The fourth-order valence-corrected chi connectivity index (χ4v) is 1.11. The number of aliphatic hydroxyl groups excluding tert-OH is 1. The first-order valence-electron chi connectivity index (χ1n) is 3.59. The number of aryl methyl sites for hydroxylation is 1. The molecule has 3 heteroatoms. The molecular formula is C9H10O3. The zero-order valence-electron chi connectivity index (χ0n) is 6.74. The van der Waals surface area contributed by atoms with Crippen molar-refractivity contribution in [1.29, 1.82) is 0 Å². The first-order valence-corrected chi connectivity index (χ1v) is 3.59. The highest BCUT2D eigenvalue weighted by Gasteiger charge is 2.09. The molecule has 0 fully saturated rings. The van der Waals surface area contributed by atoms with E-state index in [0.29, 0.717) is 5.56 Å². The van der Waals surface area contributed by atoms with Gasteiger partial charge >= 0.3 is 5.97 Å². The lowest BCUT2D eigenvalue weighted by Crippen LogP contribution is -2.03. The molecule has 1 aromatic carbocycles. The van der Waals surface area contributed by atoms with Gasteiger partial charge in [-0.25, -0.2) is 4.79 Å². The Bertz CT molecular complexity index is 305. The van der Waals surface area contributed by atoms with Gasteiger partial charge in [0.2, 0.25) is 0 Å². The van der Waals surface area contributed by atoms with Crippen LogP contribution < -0.4 is 0 Å². The quantitative estimate of drug-likeness (QED) is 0.693. The smallest absolute Gasteiger partial charge is 0.336 e. The van der Waals surface area contributed by atoms with Crippen molar-refractivity contribution >= 4 is 5.97 Å². The topological polar surface area (TPSA) is 57.5 Å². The maximum absolute atomic E-state index is 10.6. The fourth-order valence-electron chi connectivity index (χ4n) is 1.11. The van der Waals surface area contributed by atoms with Gasteiger partial charge in [-0.15, -0.1) is 0 Å². The summed E-state index contributed by atoms with van der Waals surface area (Å²) in [5, 5.41) is 17.6. The lowest BCUT2D eigenvalue weighted by Gasteiger charge is -2.05. The molecule has 0 radical (unpaired) electrons. The van der Waals surface area contributed by atoms with Gasteiger partial charge in [0.25, 0.3) is 0 Å². The van der Waals surface area contributed by atoms with Gasteiger partial charge in [0, 0.05) is 0 Å². The van der Waals surface area contributed by atoms with Crippen LogP contribution in [-0.2, 0) is 6.61 Å². The third-order valence-electron chi connectivity index (χ3n) is 1.80. The molecule has 0 saturated carbocycles. The van der Waals surface area contributed by atoms with Gasteiger partial charge in [0.1, 0.15) is 0 Å². The predicted octanol–water partition coefficient (Wildman–Crippen LogP) is 1.19. The van der Waals surface area contributed by atoms with Crippen LogP contribution in [0.2, 0.25) is 0 Å². The number of aliphatic hydroxyl groups is 1. The molecule has 0 unspecified atom stereocenters. The Morgan fingerprint density at radius 3 is 2.58 bits per heavy atom. The van der Waals surface area contributed by atoms with Gasteiger partial charge in [-0.2, -0.15) is 0 Å². The summed E-state index contributed by atoms with van der Waals surface area (Å²) in [7, 11) is 0. The molecule has 0 bridgehead atoms. The molecule has 2 N–H and O–H groups in total. The van der Waals surface area contributed by atoms with Gasteiger partial charge in [-0.1, -0.05) is 12.1 Å². The third kappa shape index (κ3) is 1.46. The van der Waals surface area contributed by atoms with E-state index in [-0.39, 0.29) is 12.2 Å². The number of carboxylic acid groups (broad SMARTS) is 1. The minimum atomic E-state index is -0.997. The monoisotopic (exact) mass is 166 g/mol. The molecule has 0 amide bonds. The molecule has 12 heavy (non-hydrogen) atoms.